The van der Waals surface area contributed by atoms with Crippen molar-refractivity contribution in [1.29, 1.82) is 0 Å². The molecule has 0 amide bonds. The van der Waals surface area contributed by atoms with E-state index >= 15 is 0 Å². The Bertz CT molecular complexity index is 1020. The van der Waals surface area contributed by atoms with Gasteiger partial charge in [0.15, 0.2) is 5.11 Å². The number of halogens is 1. The zero-order chi connectivity index (χ0) is 21.5. The first kappa shape index (κ1) is 22.3. The molecule has 4 nitrogen and oxygen atoms in total. The second-order valence-corrected chi connectivity index (χ2v) is 8.81. The van der Waals surface area contributed by atoms with Crippen LogP contribution in [0.2, 0.25) is 0 Å². The van der Waals surface area contributed by atoms with Crippen molar-refractivity contribution in [3.63, 3.8) is 0 Å². The number of hydrogen-bond donors (Lipinski definition) is 1. The molecule has 0 spiro atoms. The fourth-order valence-electron chi connectivity index (χ4n) is 2.88. The number of carboxylic acid groups (broad SMARTS) is 1. The number of hydrogen-bond acceptors (Lipinski definition) is 4. The molecule has 0 aliphatic rings. The van der Waals surface area contributed by atoms with Crippen LogP contribution in [0.15, 0.2) is 82.2 Å². The molecule has 0 heterocycles. The minimum atomic E-state index is -1.18. The van der Waals surface area contributed by atoms with Gasteiger partial charge in [0.25, 0.3) is 0 Å². The Balaban J connectivity index is 1.80. The average molecular weight is 500 g/mol. The molecular weight excluding hydrogens is 480 g/mol. The molecule has 0 fully saturated rings. The van der Waals surface area contributed by atoms with Crippen LogP contribution in [-0.4, -0.2) is 22.2 Å². The monoisotopic (exact) mass is 499 g/mol. The van der Waals surface area contributed by atoms with E-state index < -0.39 is 5.97 Å². The first-order valence-electron chi connectivity index (χ1n) is 9.19. The maximum atomic E-state index is 11.0. The Morgan fingerprint density at radius 1 is 1.03 bits per heavy atom. The summed E-state index contributed by atoms with van der Waals surface area (Å²) in [5.41, 5.74) is 3.17. The third-order valence-corrected chi connectivity index (χ3v) is 6.07. The molecule has 154 valence electrons. The van der Waals surface area contributed by atoms with E-state index in [0.29, 0.717) is 18.2 Å². The Kier molecular flexibility index (Phi) is 7.90. The summed E-state index contributed by atoms with van der Waals surface area (Å²) in [6.07, 6.45) is 2.04. The van der Waals surface area contributed by atoms with Crippen molar-refractivity contribution in [3.8, 4) is 0 Å². The number of rotatable bonds is 7. The summed E-state index contributed by atoms with van der Waals surface area (Å²) in [5.74, 6) is -1.18. The summed E-state index contributed by atoms with van der Waals surface area (Å²) in [5, 5.41) is 14.9. The Morgan fingerprint density at radius 2 is 1.63 bits per heavy atom. The molecule has 1 N–H and O–H groups in total. The van der Waals surface area contributed by atoms with E-state index in [2.05, 4.69) is 38.3 Å². The van der Waals surface area contributed by atoms with Crippen molar-refractivity contribution in [1.82, 2.24) is 4.90 Å². The summed E-state index contributed by atoms with van der Waals surface area (Å²) in [6.45, 7) is 1.15. The van der Waals surface area contributed by atoms with Crippen molar-refractivity contribution in [2.24, 2.45) is 0 Å². The van der Waals surface area contributed by atoms with E-state index in [9.17, 15) is 9.90 Å². The number of aromatic carboxylic acids is 1. The van der Waals surface area contributed by atoms with Crippen LogP contribution in [0.5, 0.6) is 0 Å². The van der Waals surface area contributed by atoms with Gasteiger partial charge in [0.1, 0.15) is 0 Å². The molecule has 3 aromatic rings. The number of carboxylic acids is 1. The maximum absolute atomic E-state index is 11.0. The van der Waals surface area contributed by atoms with E-state index in [4.69, 9.17) is 12.2 Å². The quantitative estimate of drug-likeness (QED) is 0.367. The molecule has 0 saturated carbocycles. The summed E-state index contributed by atoms with van der Waals surface area (Å²) in [4.78, 5) is 14.2. The number of anilines is 1. The van der Waals surface area contributed by atoms with Crippen molar-refractivity contribution in [3.05, 3.63) is 94.0 Å². The van der Waals surface area contributed by atoms with Gasteiger partial charge in [-0.3, -0.25) is 0 Å². The SMILES string of the molecule is CSc1cccc(NC(=S)N(Cc2ccc(Br)cc2)Cc2ccc(C(=O)[O-])cc2)c1. The standard InChI is InChI=1S/C23H21BrN2O2S2/c1-30-21-4-2-3-20(13-21)25-23(29)26(15-17-7-11-19(24)12-8-17)14-16-5-9-18(10-6-16)22(27)28/h2-13H,14-15H2,1H3,(H,25,29)(H,27,28)/p-1. The fourth-order valence-corrected chi connectivity index (χ4v) is 3.85. The number of benzene rings is 3. The second kappa shape index (κ2) is 10.6. The average Bonchev–Trinajstić information content (AvgIpc) is 2.75. The molecular formula is C23H20BrN2O2S2-. The van der Waals surface area contributed by atoms with Gasteiger partial charge in [0, 0.05) is 28.1 Å². The molecule has 3 aromatic carbocycles. The molecule has 0 unspecified atom stereocenters. The van der Waals surface area contributed by atoms with Gasteiger partial charge < -0.3 is 20.1 Å². The van der Waals surface area contributed by atoms with Gasteiger partial charge in [-0.25, -0.2) is 0 Å². The topological polar surface area (TPSA) is 55.4 Å². The minimum Gasteiger partial charge on any atom is -0.545 e. The molecule has 0 aliphatic heterocycles. The molecule has 7 heteroatoms. The Hall–Kier alpha value is -2.35. The van der Waals surface area contributed by atoms with Crippen molar-refractivity contribution in [2.75, 3.05) is 11.6 Å². The third kappa shape index (κ3) is 6.32. The van der Waals surface area contributed by atoms with Gasteiger partial charge >= 0.3 is 0 Å². The molecule has 3 rings (SSSR count). The van der Waals surface area contributed by atoms with Gasteiger partial charge in [-0.15, -0.1) is 11.8 Å². The lowest BCUT2D eigenvalue weighted by atomic mass is 10.1. The highest BCUT2D eigenvalue weighted by atomic mass is 79.9. The van der Waals surface area contributed by atoms with Crippen molar-refractivity contribution < 1.29 is 9.90 Å². The zero-order valence-corrected chi connectivity index (χ0v) is 19.5. The van der Waals surface area contributed by atoms with Crippen LogP contribution in [0.3, 0.4) is 0 Å². The van der Waals surface area contributed by atoms with E-state index in [0.717, 1.165) is 26.2 Å². The lowest BCUT2D eigenvalue weighted by Gasteiger charge is -2.26. The van der Waals surface area contributed by atoms with Crippen LogP contribution >= 0.6 is 39.9 Å². The Labute approximate surface area is 194 Å². The third-order valence-electron chi connectivity index (χ3n) is 4.46. The summed E-state index contributed by atoms with van der Waals surface area (Å²) < 4.78 is 1.02. The molecule has 0 aromatic heterocycles. The van der Waals surface area contributed by atoms with E-state index in [1.165, 1.54) is 0 Å². The summed E-state index contributed by atoms with van der Waals surface area (Å²) >= 11 is 10.9. The van der Waals surface area contributed by atoms with E-state index in [1.807, 2.05) is 42.7 Å². The van der Waals surface area contributed by atoms with Crippen LogP contribution in [0.4, 0.5) is 5.69 Å². The highest BCUT2D eigenvalue weighted by Crippen LogP contribution is 2.21. The lowest BCUT2D eigenvalue weighted by molar-refractivity contribution is -0.255. The van der Waals surface area contributed by atoms with Gasteiger partial charge in [0.05, 0.1) is 5.97 Å². The first-order valence-corrected chi connectivity index (χ1v) is 11.6. The van der Waals surface area contributed by atoms with Gasteiger partial charge in [-0.05, 0) is 65.5 Å². The summed E-state index contributed by atoms with van der Waals surface area (Å²) in [6, 6.07) is 22.9. The largest absolute Gasteiger partial charge is 0.545 e. The van der Waals surface area contributed by atoms with Crippen molar-refractivity contribution in [2.45, 2.75) is 18.0 Å². The predicted molar refractivity (Wildman–Crippen MR) is 129 cm³/mol. The lowest BCUT2D eigenvalue weighted by Crippen LogP contribution is -2.33. The van der Waals surface area contributed by atoms with Gasteiger partial charge in [-0.1, -0.05) is 58.4 Å². The second-order valence-electron chi connectivity index (χ2n) is 6.63. The molecule has 0 radical (unpaired) electrons. The van der Waals surface area contributed by atoms with Crippen LogP contribution in [0, 0.1) is 0 Å². The predicted octanol–water partition coefficient (Wildman–Crippen LogP) is 4.93. The fraction of sp³-hybridized carbons (Fsp3) is 0.130. The molecule has 30 heavy (non-hydrogen) atoms. The minimum absolute atomic E-state index is 0.160. The number of thioether (sulfide) groups is 1. The molecule has 0 bridgehead atoms. The van der Waals surface area contributed by atoms with Crippen LogP contribution in [0.25, 0.3) is 0 Å². The van der Waals surface area contributed by atoms with Gasteiger partial charge in [-0.2, -0.15) is 0 Å². The van der Waals surface area contributed by atoms with Gasteiger partial charge in [0.2, 0.25) is 0 Å². The normalized spacial score (nSPS) is 10.5. The Morgan fingerprint density at radius 3 is 2.20 bits per heavy atom. The zero-order valence-electron chi connectivity index (χ0n) is 16.3. The van der Waals surface area contributed by atoms with Crippen LogP contribution < -0.4 is 10.4 Å². The maximum Gasteiger partial charge on any atom is 0.174 e. The van der Waals surface area contributed by atoms with E-state index in [-0.39, 0.29) is 5.56 Å². The number of nitrogens with one attached hydrogen (secondary N) is 1. The summed E-state index contributed by atoms with van der Waals surface area (Å²) in [7, 11) is 0. The number of thiocarbonyl (C=S) groups is 1. The molecule has 0 atom stereocenters. The number of carbonyl (C=O) groups excluding carboxylic acids is 1. The van der Waals surface area contributed by atoms with Crippen molar-refractivity contribution >= 4 is 56.7 Å². The number of nitrogens with zero attached hydrogens (tertiary/aromatic N) is 1. The van der Waals surface area contributed by atoms with E-state index in [1.54, 1.807) is 36.0 Å². The smallest absolute Gasteiger partial charge is 0.174 e. The number of carbonyl (C=O) groups is 1. The first-order chi connectivity index (χ1) is 14.4. The molecule has 0 aliphatic carbocycles. The highest BCUT2D eigenvalue weighted by Gasteiger charge is 2.12. The highest BCUT2D eigenvalue weighted by molar-refractivity contribution is 9.10. The molecule has 0 saturated heterocycles. The van der Waals surface area contributed by atoms with Crippen LogP contribution in [-0.2, 0) is 13.1 Å². The van der Waals surface area contributed by atoms with Crippen LogP contribution in [0.1, 0.15) is 21.5 Å².